The maximum Gasteiger partial charge on any atom is 0.182 e. The summed E-state index contributed by atoms with van der Waals surface area (Å²) in [5.41, 5.74) is 3.79. The van der Waals surface area contributed by atoms with Gasteiger partial charge in [-0.05, 0) is 17.7 Å². The van der Waals surface area contributed by atoms with Crippen molar-refractivity contribution in [3.8, 4) is 0 Å². The molecule has 0 atom stereocenters. The maximum atomic E-state index is 5.45. The first-order chi connectivity index (χ1) is 14.7. The highest BCUT2D eigenvalue weighted by Gasteiger charge is 2.26. The molecule has 30 heavy (non-hydrogen) atoms. The van der Waals surface area contributed by atoms with Crippen molar-refractivity contribution in [1.82, 2.24) is 29.5 Å². The average Bonchev–Trinajstić information content (AvgIpc) is 3.17. The van der Waals surface area contributed by atoms with Gasteiger partial charge in [-0.1, -0.05) is 17.8 Å². The van der Waals surface area contributed by atoms with E-state index < -0.39 is 0 Å². The van der Waals surface area contributed by atoms with E-state index in [-0.39, 0.29) is 0 Å². The zero-order valence-electron chi connectivity index (χ0n) is 16.8. The molecule has 0 N–H and O–H groups in total. The van der Waals surface area contributed by atoms with Gasteiger partial charge in [0, 0.05) is 45.0 Å². The van der Waals surface area contributed by atoms with Crippen molar-refractivity contribution in [2.24, 2.45) is 0 Å². The Bertz CT molecular complexity index is 1220. The Labute approximate surface area is 177 Å². The number of ether oxygens (including phenoxy) is 1. The molecule has 9 nitrogen and oxygen atoms in total. The van der Waals surface area contributed by atoms with Crippen LogP contribution in [0.5, 0.6) is 0 Å². The van der Waals surface area contributed by atoms with E-state index in [1.54, 1.807) is 37.6 Å². The molecule has 152 valence electrons. The molecule has 0 saturated carbocycles. The van der Waals surface area contributed by atoms with Crippen LogP contribution in [0.15, 0.2) is 53.2 Å². The smallest absolute Gasteiger partial charge is 0.182 e. The monoisotopic (exact) mass is 420 g/mol. The number of imidazole rings is 1. The Morgan fingerprint density at radius 2 is 1.93 bits per heavy atom. The summed E-state index contributed by atoms with van der Waals surface area (Å²) < 4.78 is 7.53. The lowest BCUT2D eigenvalue weighted by molar-refractivity contribution is 0.204. The van der Waals surface area contributed by atoms with Crippen LogP contribution < -0.4 is 9.80 Å². The van der Waals surface area contributed by atoms with Gasteiger partial charge in [-0.25, -0.2) is 24.9 Å². The maximum absolute atomic E-state index is 5.45. The number of anilines is 3. The standard InChI is InChI=1S/C20H20N8OS/c1-26(2)18-16-17(23-10-24-18)25-11-27(16)9-13-4-5-15-14(8-13)28(12-29-3)19-20(30-15)22-7-6-21-19/h4-8,10-11H,9,12H2,1-3H3. The van der Waals surface area contributed by atoms with E-state index >= 15 is 0 Å². The Morgan fingerprint density at radius 3 is 2.77 bits per heavy atom. The summed E-state index contributed by atoms with van der Waals surface area (Å²) in [6.45, 7) is 1.05. The fourth-order valence-electron chi connectivity index (χ4n) is 3.55. The zero-order valence-corrected chi connectivity index (χ0v) is 17.7. The van der Waals surface area contributed by atoms with E-state index in [2.05, 4.69) is 52.6 Å². The summed E-state index contributed by atoms with van der Waals surface area (Å²) in [7, 11) is 5.62. The number of rotatable bonds is 5. The van der Waals surface area contributed by atoms with Gasteiger partial charge in [0.15, 0.2) is 17.3 Å². The summed E-state index contributed by atoms with van der Waals surface area (Å²) >= 11 is 1.62. The molecule has 0 fully saturated rings. The number of nitrogens with zero attached hydrogens (tertiary/aromatic N) is 8. The van der Waals surface area contributed by atoms with Gasteiger partial charge < -0.3 is 14.2 Å². The van der Waals surface area contributed by atoms with Crippen molar-refractivity contribution in [3.63, 3.8) is 0 Å². The van der Waals surface area contributed by atoms with E-state index in [0.29, 0.717) is 18.9 Å². The van der Waals surface area contributed by atoms with Crippen LogP contribution in [0.1, 0.15) is 5.56 Å². The molecule has 1 aliphatic rings. The molecular weight excluding hydrogens is 400 g/mol. The Morgan fingerprint density at radius 1 is 1.07 bits per heavy atom. The molecule has 0 unspecified atom stereocenters. The van der Waals surface area contributed by atoms with E-state index in [1.165, 1.54) is 0 Å². The van der Waals surface area contributed by atoms with Gasteiger partial charge in [-0.15, -0.1) is 0 Å². The van der Waals surface area contributed by atoms with Gasteiger partial charge in [0.25, 0.3) is 0 Å². The van der Waals surface area contributed by atoms with Crippen LogP contribution >= 0.6 is 11.8 Å². The van der Waals surface area contributed by atoms with Crippen LogP contribution in [-0.2, 0) is 11.3 Å². The molecular formula is C20H20N8OS. The number of methoxy groups -OCH3 is 1. The van der Waals surface area contributed by atoms with Gasteiger partial charge in [0.2, 0.25) is 0 Å². The molecule has 4 heterocycles. The normalized spacial score (nSPS) is 12.7. The second kappa shape index (κ2) is 7.54. The number of hydrogen-bond donors (Lipinski definition) is 0. The van der Waals surface area contributed by atoms with Crippen LogP contribution in [0.3, 0.4) is 0 Å². The predicted octanol–water partition coefficient (Wildman–Crippen LogP) is 2.94. The highest BCUT2D eigenvalue weighted by molar-refractivity contribution is 7.99. The minimum atomic E-state index is 0.398. The molecule has 5 rings (SSSR count). The molecule has 0 spiro atoms. The number of fused-ring (bicyclic) bond motifs is 3. The molecule has 0 bridgehead atoms. The number of aromatic nitrogens is 6. The number of hydrogen-bond acceptors (Lipinski definition) is 9. The molecule has 4 aromatic rings. The molecule has 0 aliphatic carbocycles. The van der Waals surface area contributed by atoms with Crippen molar-refractivity contribution in [1.29, 1.82) is 0 Å². The van der Waals surface area contributed by atoms with E-state index in [1.807, 2.05) is 25.3 Å². The lowest BCUT2D eigenvalue weighted by atomic mass is 10.1. The van der Waals surface area contributed by atoms with Crippen molar-refractivity contribution < 1.29 is 4.74 Å². The van der Waals surface area contributed by atoms with Crippen LogP contribution in [0, 0.1) is 0 Å². The molecule has 3 aromatic heterocycles. The molecule has 1 aromatic carbocycles. The van der Waals surface area contributed by atoms with E-state index in [4.69, 9.17) is 4.74 Å². The third-order valence-corrected chi connectivity index (χ3v) is 5.89. The van der Waals surface area contributed by atoms with E-state index in [9.17, 15) is 0 Å². The van der Waals surface area contributed by atoms with Crippen LogP contribution in [0.4, 0.5) is 17.3 Å². The first-order valence-electron chi connectivity index (χ1n) is 9.37. The molecule has 10 heteroatoms. The van der Waals surface area contributed by atoms with Crippen LogP contribution in [-0.4, -0.2) is 57.4 Å². The van der Waals surface area contributed by atoms with Gasteiger partial charge >= 0.3 is 0 Å². The van der Waals surface area contributed by atoms with E-state index in [0.717, 1.165) is 38.3 Å². The summed E-state index contributed by atoms with van der Waals surface area (Å²) in [4.78, 5) is 27.3. The van der Waals surface area contributed by atoms with Crippen molar-refractivity contribution >= 4 is 40.2 Å². The number of benzene rings is 1. The zero-order chi connectivity index (χ0) is 20.7. The molecule has 0 saturated heterocycles. The fraction of sp³-hybridized carbons (Fsp3) is 0.250. The summed E-state index contributed by atoms with van der Waals surface area (Å²) in [5, 5.41) is 0.878. The third-order valence-electron chi connectivity index (χ3n) is 4.85. The topological polar surface area (TPSA) is 85.1 Å². The van der Waals surface area contributed by atoms with Crippen LogP contribution in [0.2, 0.25) is 0 Å². The highest BCUT2D eigenvalue weighted by Crippen LogP contribution is 2.46. The fourth-order valence-corrected chi connectivity index (χ4v) is 4.54. The quantitative estimate of drug-likeness (QED) is 0.484. The minimum absolute atomic E-state index is 0.398. The second-order valence-corrected chi connectivity index (χ2v) is 8.10. The van der Waals surface area contributed by atoms with Gasteiger partial charge in [-0.3, -0.25) is 4.90 Å². The largest absolute Gasteiger partial charge is 0.364 e. The average molecular weight is 421 g/mol. The van der Waals surface area contributed by atoms with Gasteiger partial charge in [0.1, 0.15) is 23.6 Å². The second-order valence-electron chi connectivity index (χ2n) is 7.07. The third kappa shape index (κ3) is 3.14. The predicted molar refractivity (Wildman–Crippen MR) is 115 cm³/mol. The van der Waals surface area contributed by atoms with Crippen molar-refractivity contribution in [2.75, 3.05) is 37.7 Å². The molecule has 0 radical (unpaired) electrons. The Balaban J connectivity index is 1.55. The highest BCUT2D eigenvalue weighted by atomic mass is 32.2. The van der Waals surface area contributed by atoms with Crippen LogP contribution in [0.25, 0.3) is 11.2 Å². The first kappa shape index (κ1) is 18.8. The SMILES string of the molecule is COCN1c2cc(Cn3cnc4ncnc(N(C)C)c43)ccc2Sc2nccnc21. The molecule has 1 aliphatic heterocycles. The van der Waals surface area contributed by atoms with Gasteiger partial charge in [0.05, 0.1) is 12.0 Å². The summed E-state index contributed by atoms with van der Waals surface area (Å²) in [6.07, 6.45) is 6.78. The van der Waals surface area contributed by atoms with Crippen molar-refractivity contribution in [3.05, 3.63) is 48.8 Å². The summed E-state index contributed by atoms with van der Waals surface area (Å²) in [5.74, 6) is 1.65. The van der Waals surface area contributed by atoms with Gasteiger partial charge in [-0.2, -0.15) is 0 Å². The lowest BCUT2D eigenvalue weighted by Gasteiger charge is -2.30. The van der Waals surface area contributed by atoms with Crippen molar-refractivity contribution in [2.45, 2.75) is 16.5 Å². The Kier molecular flexibility index (Phi) is 4.72. The molecule has 0 amide bonds. The minimum Gasteiger partial charge on any atom is -0.364 e. The summed E-state index contributed by atoms with van der Waals surface area (Å²) in [6, 6.07) is 6.42. The lowest BCUT2D eigenvalue weighted by Crippen LogP contribution is -2.24. The first-order valence-corrected chi connectivity index (χ1v) is 10.2. The Hall–Kier alpha value is -3.24.